The number of anilines is 2. The predicted molar refractivity (Wildman–Crippen MR) is 69.3 cm³/mol. The molecular formula is C10H19N5S. The Morgan fingerprint density at radius 2 is 1.94 bits per heavy atom. The fraction of sp³-hybridized carbons (Fsp3) is 0.700. The molecule has 1 N–H and O–H groups in total. The predicted octanol–water partition coefficient (Wildman–Crippen LogP) is 1.87. The zero-order valence-corrected chi connectivity index (χ0v) is 11.1. The third-order valence-corrected chi connectivity index (χ3v) is 2.54. The Morgan fingerprint density at radius 3 is 2.50 bits per heavy atom. The highest BCUT2D eigenvalue weighted by atomic mass is 32.2. The van der Waals surface area contributed by atoms with Crippen LogP contribution < -0.4 is 10.2 Å². The summed E-state index contributed by atoms with van der Waals surface area (Å²) in [6.45, 7) is 5.08. The van der Waals surface area contributed by atoms with Crippen LogP contribution in [0.2, 0.25) is 0 Å². The maximum absolute atomic E-state index is 4.36. The van der Waals surface area contributed by atoms with E-state index in [1.54, 1.807) is 11.8 Å². The van der Waals surface area contributed by atoms with Crippen LogP contribution in [0.1, 0.15) is 20.3 Å². The van der Waals surface area contributed by atoms with Crippen molar-refractivity contribution in [3.63, 3.8) is 0 Å². The summed E-state index contributed by atoms with van der Waals surface area (Å²) in [6.07, 6.45) is 1.05. The van der Waals surface area contributed by atoms with Crippen LogP contribution in [0.3, 0.4) is 0 Å². The minimum Gasteiger partial charge on any atom is -0.354 e. The van der Waals surface area contributed by atoms with Crippen molar-refractivity contribution in [1.82, 2.24) is 15.0 Å². The van der Waals surface area contributed by atoms with Gasteiger partial charge in [-0.3, -0.25) is 0 Å². The molecule has 0 bridgehead atoms. The molecule has 0 atom stereocenters. The highest BCUT2D eigenvalue weighted by Crippen LogP contribution is 2.16. The lowest BCUT2D eigenvalue weighted by Gasteiger charge is -2.12. The Kier molecular flexibility index (Phi) is 5.31. The first-order valence-corrected chi connectivity index (χ1v) is 6.46. The lowest BCUT2D eigenvalue weighted by molar-refractivity contribution is 0.852. The van der Waals surface area contributed by atoms with Crippen LogP contribution in [0.15, 0.2) is 5.16 Å². The molecule has 1 aromatic rings. The number of hydrogen-bond acceptors (Lipinski definition) is 6. The SMILES string of the molecule is CCCNc1nc(SCC)nc(N(C)C)n1. The average molecular weight is 241 g/mol. The highest BCUT2D eigenvalue weighted by molar-refractivity contribution is 7.99. The van der Waals surface area contributed by atoms with E-state index in [4.69, 9.17) is 0 Å². The standard InChI is InChI=1S/C10H19N5S/c1-5-7-11-8-12-9(15(3)4)14-10(13-8)16-6-2/h5-7H2,1-4H3,(H,11,12,13,14). The summed E-state index contributed by atoms with van der Waals surface area (Å²) in [4.78, 5) is 14.9. The Morgan fingerprint density at radius 1 is 1.19 bits per heavy atom. The molecule has 0 radical (unpaired) electrons. The quantitative estimate of drug-likeness (QED) is 0.767. The van der Waals surface area contributed by atoms with Crippen LogP contribution in [0.5, 0.6) is 0 Å². The lowest BCUT2D eigenvalue weighted by Crippen LogP contribution is -2.16. The Labute approximate surface area is 101 Å². The normalized spacial score (nSPS) is 10.2. The molecule has 0 saturated heterocycles. The van der Waals surface area contributed by atoms with Crippen molar-refractivity contribution in [2.75, 3.05) is 36.6 Å². The van der Waals surface area contributed by atoms with E-state index in [0.717, 1.165) is 23.9 Å². The molecule has 0 amide bonds. The zero-order valence-electron chi connectivity index (χ0n) is 10.3. The van der Waals surface area contributed by atoms with E-state index in [-0.39, 0.29) is 0 Å². The van der Waals surface area contributed by atoms with E-state index in [9.17, 15) is 0 Å². The molecule has 5 nitrogen and oxygen atoms in total. The van der Waals surface area contributed by atoms with E-state index in [1.165, 1.54) is 0 Å². The average Bonchev–Trinajstić information content (AvgIpc) is 2.26. The van der Waals surface area contributed by atoms with Crippen molar-refractivity contribution in [2.45, 2.75) is 25.4 Å². The van der Waals surface area contributed by atoms with Crippen molar-refractivity contribution in [3.8, 4) is 0 Å². The molecule has 1 heterocycles. The molecule has 1 aromatic heterocycles. The number of hydrogen-bond donors (Lipinski definition) is 1. The first kappa shape index (κ1) is 13.0. The topological polar surface area (TPSA) is 53.9 Å². The molecule has 16 heavy (non-hydrogen) atoms. The number of aromatic nitrogens is 3. The minimum absolute atomic E-state index is 0.663. The molecule has 90 valence electrons. The maximum atomic E-state index is 4.36. The van der Waals surface area contributed by atoms with Gasteiger partial charge in [-0.1, -0.05) is 25.6 Å². The third-order valence-electron chi connectivity index (χ3n) is 1.81. The van der Waals surface area contributed by atoms with Gasteiger partial charge in [0, 0.05) is 20.6 Å². The molecule has 0 saturated carbocycles. The number of thioether (sulfide) groups is 1. The first-order valence-electron chi connectivity index (χ1n) is 5.47. The van der Waals surface area contributed by atoms with Gasteiger partial charge in [0.1, 0.15) is 0 Å². The lowest BCUT2D eigenvalue weighted by atomic mass is 10.5. The Balaban J connectivity index is 2.89. The van der Waals surface area contributed by atoms with Crippen LogP contribution in [0, 0.1) is 0 Å². The van der Waals surface area contributed by atoms with Gasteiger partial charge in [0.05, 0.1) is 0 Å². The molecular weight excluding hydrogens is 222 g/mol. The van der Waals surface area contributed by atoms with Crippen LogP contribution in [0.25, 0.3) is 0 Å². The molecule has 1 rings (SSSR count). The number of nitrogens with one attached hydrogen (secondary N) is 1. The summed E-state index contributed by atoms with van der Waals surface area (Å²) in [5.74, 6) is 2.32. The third kappa shape index (κ3) is 3.84. The second-order valence-corrected chi connectivity index (χ2v) is 4.73. The van der Waals surface area contributed by atoms with Crippen LogP contribution in [-0.2, 0) is 0 Å². The second kappa shape index (κ2) is 6.52. The smallest absolute Gasteiger partial charge is 0.230 e. The number of nitrogens with zero attached hydrogens (tertiary/aromatic N) is 4. The molecule has 0 aliphatic heterocycles. The van der Waals surface area contributed by atoms with E-state index in [0.29, 0.717) is 11.9 Å². The Hall–Kier alpha value is -1.04. The summed E-state index contributed by atoms with van der Waals surface area (Å²) in [7, 11) is 3.86. The van der Waals surface area contributed by atoms with E-state index >= 15 is 0 Å². The van der Waals surface area contributed by atoms with Crippen molar-refractivity contribution in [2.24, 2.45) is 0 Å². The van der Waals surface area contributed by atoms with Crippen LogP contribution >= 0.6 is 11.8 Å². The summed E-state index contributed by atoms with van der Waals surface area (Å²) in [5.41, 5.74) is 0. The van der Waals surface area contributed by atoms with Gasteiger partial charge in [-0.05, 0) is 12.2 Å². The molecule has 0 aliphatic rings. The zero-order chi connectivity index (χ0) is 12.0. The fourth-order valence-corrected chi connectivity index (χ4v) is 1.61. The second-order valence-electron chi connectivity index (χ2n) is 3.50. The van der Waals surface area contributed by atoms with Gasteiger partial charge in [-0.15, -0.1) is 0 Å². The molecule has 0 aromatic carbocycles. The highest BCUT2D eigenvalue weighted by Gasteiger charge is 2.07. The van der Waals surface area contributed by atoms with Gasteiger partial charge in [0.2, 0.25) is 11.9 Å². The van der Waals surface area contributed by atoms with Crippen molar-refractivity contribution in [3.05, 3.63) is 0 Å². The largest absolute Gasteiger partial charge is 0.354 e. The molecule has 0 fully saturated rings. The van der Waals surface area contributed by atoms with E-state index in [2.05, 4.69) is 34.1 Å². The van der Waals surface area contributed by atoms with Crippen LogP contribution in [0.4, 0.5) is 11.9 Å². The molecule has 0 aliphatic carbocycles. The molecule has 0 spiro atoms. The minimum atomic E-state index is 0.663. The van der Waals surface area contributed by atoms with E-state index in [1.807, 2.05) is 19.0 Å². The molecule has 6 heteroatoms. The van der Waals surface area contributed by atoms with Crippen molar-refractivity contribution < 1.29 is 0 Å². The number of rotatable bonds is 6. The summed E-state index contributed by atoms with van der Waals surface area (Å²) >= 11 is 1.63. The first-order chi connectivity index (χ1) is 7.67. The monoisotopic (exact) mass is 241 g/mol. The van der Waals surface area contributed by atoms with Crippen molar-refractivity contribution in [1.29, 1.82) is 0 Å². The molecule has 0 unspecified atom stereocenters. The van der Waals surface area contributed by atoms with Crippen LogP contribution in [-0.4, -0.2) is 41.3 Å². The van der Waals surface area contributed by atoms with Gasteiger partial charge in [-0.25, -0.2) is 0 Å². The fourth-order valence-electron chi connectivity index (χ4n) is 1.06. The summed E-state index contributed by atoms with van der Waals surface area (Å²) in [6, 6.07) is 0. The van der Waals surface area contributed by atoms with Gasteiger partial charge < -0.3 is 10.2 Å². The van der Waals surface area contributed by atoms with Gasteiger partial charge in [0.25, 0.3) is 0 Å². The van der Waals surface area contributed by atoms with E-state index < -0.39 is 0 Å². The summed E-state index contributed by atoms with van der Waals surface area (Å²) in [5, 5.41) is 3.96. The van der Waals surface area contributed by atoms with Gasteiger partial charge in [0.15, 0.2) is 5.16 Å². The summed E-state index contributed by atoms with van der Waals surface area (Å²) < 4.78 is 0. The van der Waals surface area contributed by atoms with Gasteiger partial charge in [-0.2, -0.15) is 15.0 Å². The maximum Gasteiger partial charge on any atom is 0.230 e. The Bertz CT molecular complexity index is 329. The van der Waals surface area contributed by atoms with Crippen molar-refractivity contribution >= 4 is 23.7 Å². The van der Waals surface area contributed by atoms with Gasteiger partial charge >= 0.3 is 0 Å².